The fourth-order valence-electron chi connectivity index (χ4n) is 4.15. The number of aliphatic hydroxyl groups is 3. The van der Waals surface area contributed by atoms with Crippen LogP contribution in [0.4, 0.5) is 5.69 Å². The Morgan fingerprint density at radius 3 is 2.58 bits per heavy atom. The zero-order valence-corrected chi connectivity index (χ0v) is 18.2. The number of anilines is 1. The van der Waals surface area contributed by atoms with Crippen molar-refractivity contribution >= 4 is 32.6 Å². The second kappa shape index (κ2) is 8.49. The van der Waals surface area contributed by atoms with Crippen LogP contribution in [0, 0.1) is 17.2 Å². The summed E-state index contributed by atoms with van der Waals surface area (Å²) in [5, 5.41) is 50.2. The minimum atomic E-state index is -4.34. The van der Waals surface area contributed by atoms with Crippen LogP contribution in [0.2, 0.25) is 0 Å². The van der Waals surface area contributed by atoms with Gasteiger partial charge in [0.2, 0.25) is 0 Å². The number of aromatic nitrogens is 1. The second-order valence-corrected chi connectivity index (χ2v) is 9.95. The molecule has 0 bridgehead atoms. The van der Waals surface area contributed by atoms with Crippen molar-refractivity contribution in [1.82, 2.24) is 9.29 Å². The van der Waals surface area contributed by atoms with Crippen molar-refractivity contribution in [3.63, 3.8) is 0 Å². The van der Waals surface area contributed by atoms with Crippen LogP contribution in [0.5, 0.6) is 0 Å². The van der Waals surface area contributed by atoms with E-state index in [0.717, 1.165) is 8.61 Å². The first-order chi connectivity index (χ1) is 15.6. The summed E-state index contributed by atoms with van der Waals surface area (Å²) in [6, 6.07) is 8.31. The molecule has 33 heavy (non-hydrogen) atoms. The Kier molecular flexibility index (Phi) is 5.99. The van der Waals surface area contributed by atoms with E-state index >= 15 is 0 Å². The summed E-state index contributed by atoms with van der Waals surface area (Å²) in [4.78, 5) is 15.4. The van der Waals surface area contributed by atoms with Gasteiger partial charge in [-0.05, 0) is 35.6 Å². The lowest BCUT2D eigenvalue weighted by Crippen LogP contribution is -2.68. The van der Waals surface area contributed by atoms with E-state index in [4.69, 9.17) is 4.74 Å². The molecular formula is C20H22N4O8S. The molecular weight excluding hydrogens is 456 g/mol. The molecule has 2 aliphatic rings. The third-order valence-electron chi connectivity index (χ3n) is 5.80. The average Bonchev–Trinajstić information content (AvgIpc) is 2.78. The molecule has 1 aromatic carbocycles. The van der Waals surface area contributed by atoms with Gasteiger partial charge in [0.05, 0.1) is 5.69 Å². The Bertz CT molecular complexity index is 1230. The molecule has 2 aromatic rings. The molecule has 6 atom stereocenters. The van der Waals surface area contributed by atoms with Crippen LogP contribution < -0.4 is 4.31 Å². The molecule has 0 aliphatic carbocycles. The number of aliphatic carboxylic acids is 1. The lowest BCUT2D eigenvalue weighted by atomic mass is 9.97. The maximum Gasteiger partial charge on any atom is 0.335 e. The lowest BCUT2D eigenvalue weighted by molar-refractivity contribution is -0.249. The summed E-state index contributed by atoms with van der Waals surface area (Å²) in [5.74, 6) is -1.87. The number of hydrogen-bond donors (Lipinski definition) is 4. The number of carboxylic acid groups (broad SMARTS) is 1. The molecule has 0 spiro atoms. The number of carbonyl (C=O) groups is 1. The van der Waals surface area contributed by atoms with Crippen molar-refractivity contribution in [2.45, 2.75) is 37.6 Å². The third kappa shape index (κ3) is 3.90. The Balaban J connectivity index is 1.74. The average molecular weight is 478 g/mol. The normalized spacial score (nSPS) is 32.4. The topological polar surface area (TPSA) is 185 Å². The molecule has 2 aliphatic heterocycles. The highest BCUT2D eigenvalue weighted by Crippen LogP contribution is 2.34. The predicted octanol–water partition coefficient (Wildman–Crippen LogP) is -0.998. The molecule has 2 saturated heterocycles. The number of fused-ring (bicyclic) bond motifs is 1. The van der Waals surface area contributed by atoms with E-state index in [9.17, 15) is 38.9 Å². The van der Waals surface area contributed by atoms with Gasteiger partial charge < -0.3 is 25.2 Å². The lowest BCUT2D eigenvalue weighted by Gasteiger charge is -2.47. The minimum Gasteiger partial charge on any atom is -0.479 e. The fraction of sp³-hybridized carbons (Fsp3) is 0.450. The van der Waals surface area contributed by atoms with Gasteiger partial charge in [-0.15, -0.1) is 0 Å². The first-order valence-electron chi connectivity index (χ1n) is 10.1. The number of nitrogens with zero attached hydrogens (tertiary/aromatic N) is 4. The zero-order chi connectivity index (χ0) is 24.1. The number of nitriles is 1. The van der Waals surface area contributed by atoms with Crippen LogP contribution >= 0.6 is 0 Å². The van der Waals surface area contributed by atoms with Crippen molar-refractivity contribution in [2.75, 3.05) is 17.4 Å². The van der Waals surface area contributed by atoms with Gasteiger partial charge in [0.1, 0.15) is 30.1 Å². The van der Waals surface area contributed by atoms with Gasteiger partial charge in [0.25, 0.3) is 0 Å². The first-order valence-corrected chi connectivity index (χ1v) is 11.5. The van der Waals surface area contributed by atoms with Gasteiger partial charge in [-0.25, -0.2) is 9.78 Å². The maximum absolute atomic E-state index is 13.5. The van der Waals surface area contributed by atoms with E-state index in [1.54, 1.807) is 25.1 Å². The molecule has 13 heteroatoms. The smallest absolute Gasteiger partial charge is 0.335 e. The summed E-state index contributed by atoms with van der Waals surface area (Å²) in [5.41, 5.74) is 0.483. The molecule has 176 valence electrons. The van der Waals surface area contributed by atoms with Crippen LogP contribution in [0.25, 0.3) is 10.8 Å². The summed E-state index contributed by atoms with van der Waals surface area (Å²) in [6.07, 6.45) is -7.95. The molecule has 0 radical (unpaired) electrons. The molecule has 3 heterocycles. The molecule has 1 aromatic heterocycles. The number of ether oxygens (including phenoxy) is 1. The monoisotopic (exact) mass is 478 g/mol. The van der Waals surface area contributed by atoms with Gasteiger partial charge in [0.15, 0.2) is 12.3 Å². The SMILES string of the molecule is C[C@H]1CN(c2ccc3c(C#N)nccc3c2)S(=O)(=O)N([C@@H]2O[C@H](C(=O)O)[C@@H](O)[C@H](O)[C@H]2O)C1. The van der Waals surface area contributed by atoms with E-state index < -0.39 is 46.8 Å². The quantitative estimate of drug-likeness (QED) is 0.427. The van der Waals surface area contributed by atoms with Crippen molar-refractivity contribution in [1.29, 1.82) is 5.26 Å². The van der Waals surface area contributed by atoms with E-state index in [-0.39, 0.29) is 30.4 Å². The van der Waals surface area contributed by atoms with Gasteiger partial charge in [0, 0.05) is 24.7 Å². The molecule has 0 saturated carbocycles. The largest absolute Gasteiger partial charge is 0.479 e. The standard InChI is InChI=1S/C20H22N4O8S/c1-10-8-23(12-2-3-13-11(6-12)4-5-22-14(13)7-21)33(30,31)24(9-10)19-17(27)15(25)16(26)18(32-19)20(28)29/h2-6,10,15-19,25-27H,8-9H2,1H3,(H,28,29)/t10-,15-,16-,17+,18-,19+/m0/s1. The molecule has 4 N–H and O–H groups in total. The van der Waals surface area contributed by atoms with Crippen molar-refractivity contribution < 1.29 is 38.4 Å². The Hall–Kier alpha value is -2.86. The van der Waals surface area contributed by atoms with Gasteiger partial charge in [-0.3, -0.25) is 4.31 Å². The summed E-state index contributed by atoms with van der Waals surface area (Å²) in [6.45, 7) is 1.76. The number of hydrogen-bond acceptors (Lipinski definition) is 9. The van der Waals surface area contributed by atoms with Crippen molar-refractivity contribution in [3.05, 3.63) is 36.2 Å². The molecule has 0 unspecified atom stereocenters. The van der Waals surface area contributed by atoms with E-state index in [0.29, 0.717) is 10.8 Å². The number of benzene rings is 1. The Morgan fingerprint density at radius 1 is 1.18 bits per heavy atom. The minimum absolute atomic E-state index is 0.0941. The van der Waals surface area contributed by atoms with E-state index in [2.05, 4.69) is 4.98 Å². The number of aliphatic hydroxyl groups excluding tert-OH is 3. The van der Waals surface area contributed by atoms with Gasteiger partial charge >= 0.3 is 16.2 Å². The third-order valence-corrected chi connectivity index (χ3v) is 7.67. The summed E-state index contributed by atoms with van der Waals surface area (Å²) >= 11 is 0. The zero-order valence-electron chi connectivity index (χ0n) is 17.4. The molecule has 2 fully saturated rings. The Labute approximate surface area is 189 Å². The number of pyridine rings is 1. The van der Waals surface area contributed by atoms with Crippen molar-refractivity contribution in [2.24, 2.45) is 5.92 Å². The highest BCUT2D eigenvalue weighted by Gasteiger charge is 2.53. The van der Waals surface area contributed by atoms with Crippen molar-refractivity contribution in [3.8, 4) is 6.07 Å². The number of rotatable bonds is 3. The first kappa shape index (κ1) is 23.3. The van der Waals surface area contributed by atoms with Crippen LogP contribution in [0.15, 0.2) is 30.5 Å². The summed E-state index contributed by atoms with van der Waals surface area (Å²) in [7, 11) is -4.34. The second-order valence-electron chi connectivity index (χ2n) is 8.15. The van der Waals surface area contributed by atoms with Gasteiger partial charge in [-0.2, -0.15) is 18.0 Å². The molecule has 12 nitrogen and oxygen atoms in total. The predicted molar refractivity (Wildman–Crippen MR) is 113 cm³/mol. The maximum atomic E-state index is 13.5. The fourth-order valence-corrected chi connectivity index (χ4v) is 6.11. The van der Waals surface area contributed by atoms with Crippen LogP contribution in [-0.4, -0.2) is 87.8 Å². The van der Waals surface area contributed by atoms with Crippen LogP contribution in [-0.2, 0) is 19.7 Å². The van der Waals surface area contributed by atoms with E-state index in [1.165, 1.54) is 12.3 Å². The van der Waals surface area contributed by atoms with Gasteiger partial charge in [-0.1, -0.05) is 6.92 Å². The summed E-state index contributed by atoms with van der Waals surface area (Å²) < 4.78 is 34.2. The van der Waals surface area contributed by atoms with Crippen LogP contribution in [0.3, 0.4) is 0 Å². The van der Waals surface area contributed by atoms with Crippen LogP contribution in [0.1, 0.15) is 12.6 Å². The number of carboxylic acids is 1. The van der Waals surface area contributed by atoms with E-state index in [1.807, 2.05) is 6.07 Å². The molecule has 0 amide bonds. The molecule has 4 rings (SSSR count). The highest BCUT2D eigenvalue weighted by molar-refractivity contribution is 7.90. The Morgan fingerprint density at radius 2 is 1.91 bits per heavy atom. The highest BCUT2D eigenvalue weighted by atomic mass is 32.2.